The van der Waals surface area contributed by atoms with Crippen molar-refractivity contribution in [2.24, 2.45) is 0 Å². The van der Waals surface area contributed by atoms with Crippen LogP contribution >= 0.6 is 0 Å². The molecule has 0 radical (unpaired) electrons. The van der Waals surface area contributed by atoms with Gasteiger partial charge in [-0.05, 0) is 30.0 Å². The Morgan fingerprint density at radius 3 is 2.33 bits per heavy atom. The highest BCUT2D eigenvalue weighted by molar-refractivity contribution is 5.95. The summed E-state index contributed by atoms with van der Waals surface area (Å²) in [6.07, 6.45) is -1.18. The minimum Gasteiger partial charge on any atom is -0.477 e. The van der Waals surface area contributed by atoms with Crippen LogP contribution in [0.1, 0.15) is 39.9 Å². The van der Waals surface area contributed by atoms with E-state index in [1.807, 2.05) is 54.6 Å². The van der Waals surface area contributed by atoms with Crippen LogP contribution in [-0.4, -0.2) is 57.0 Å². The summed E-state index contributed by atoms with van der Waals surface area (Å²) in [5.41, 5.74) is 2.65. The van der Waals surface area contributed by atoms with E-state index >= 15 is 0 Å². The van der Waals surface area contributed by atoms with Gasteiger partial charge < -0.3 is 20.3 Å². The zero-order valence-corrected chi connectivity index (χ0v) is 18.0. The molecule has 0 spiro atoms. The fraction of sp³-hybridized carbons (Fsp3) is 0.250. The number of nitrogens with zero attached hydrogens (tertiary/aromatic N) is 1. The number of nitrogens with one attached hydrogen (secondary N) is 2. The van der Waals surface area contributed by atoms with Crippen LogP contribution in [-0.2, 0) is 16.0 Å². The van der Waals surface area contributed by atoms with E-state index in [1.165, 1.54) is 0 Å². The number of carboxylic acids is 1. The number of aromatic carboxylic acids is 1. The summed E-state index contributed by atoms with van der Waals surface area (Å²) in [4.78, 5) is 35.5. The number of aliphatic hydroxyl groups is 1. The molecule has 0 saturated carbocycles. The van der Waals surface area contributed by atoms with Gasteiger partial charge in [-0.1, -0.05) is 54.6 Å². The number of aromatic nitrogens is 2. The van der Waals surface area contributed by atoms with E-state index in [0.29, 0.717) is 6.42 Å². The first-order valence-corrected chi connectivity index (χ1v) is 10.5. The maximum atomic E-state index is 12.6. The first-order valence-electron chi connectivity index (χ1n) is 10.5. The van der Waals surface area contributed by atoms with Gasteiger partial charge in [-0.25, -0.2) is 9.59 Å². The highest BCUT2D eigenvalue weighted by Gasteiger charge is 2.25. The first-order chi connectivity index (χ1) is 15.9. The molecule has 1 heterocycles. The van der Waals surface area contributed by atoms with Crippen molar-refractivity contribution in [3.8, 4) is 11.1 Å². The second-order valence-corrected chi connectivity index (χ2v) is 7.41. The molecule has 3 aromatic rings. The minimum atomic E-state index is -1.42. The molecule has 33 heavy (non-hydrogen) atoms. The maximum Gasteiger partial charge on any atom is 0.353 e. The third-order valence-electron chi connectivity index (χ3n) is 4.99. The SMILES string of the molecule is CCOC(=O)[C@H](O)C[C@@H](Cc1ccc(-c2ccccc2)cc1)NC(=O)c1cc(C(=O)O)[nH]n1. The zero-order valence-electron chi connectivity index (χ0n) is 18.0. The van der Waals surface area contributed by atoms with Crippen molar-refractivity contribution in [3.63, 3.8) is 0 Å². The Balaban J connectivity index is 1.75. The Morgan fingerprint density at radius 1 is 1.06 bits per heavy atom. The number of ether oxygens (including phenoxy) is 1. The highest BCUT2D eigenvalue weighted by Crippen LogP contribution is 2.20. The normalized spacial score (nSPS) is 12.5. The van der Waals surface area contributed by atoms with Gasteiger partial charge in [0, 0.05) is 18.5 Å². The smallest absolute Gasteiger partial charge is 0.353 e. The monoisotopic (exact) mass is 451 g/mol. The number of aromatic amines is 1. The molecular weight excluding hydrogens is 426 g/mol. The van der Waals surface area contributed by atoms with E-state index < -0.39 is 30.0 Å². The van der Waals surface area contributed by atoms with Crippen LogP contribution in [0.2, 0.25) is 0 Å². The fourth-order valence-electron chi connectivity index (χ4n) is 3.35. The van der Waals surface area contributed by atoms with Crippen molar-refractivity contribution < 1.29 is 29.3 Å². The van der Waals surface area contributed by atoms with Crippen molar-refractivity contribution in [2.45, 2.75) is 31.9 Å². The molecule has 0 unspecified atom stereocenters. The second-order valence-electron chi connectivity index (χ2n) is 7.41. The Labute approximate surface area is 190 Å². The van der Waals surface area contributed by atoms with Crippen LogP contribution in [0.3, 0.4) is 0 Å². The molecule has 4 N–H and O–H groups in total. The van der Waals surface area contributed by atoms with Crippen molar-refractivity contribution in [2.75, 3.05) is 6.61 Å². The molecule has 0 bridgehead atoms. The van der Waals surface area contributed by atoms with Gasteiger partial charge in [-0.3, -0.25) is 9.89 Å². The molecule has 9 heteroatoms. The van der Waals surface area contributed by atoms with E-state index in [4.69, 9.17) is 9.84 Å². The van der Waals surface area contributed by atoms with Crippen LogP contribution in [0.5, 0.6) is 0 Å². The quantitative estimate of drug-likeness (QED) is 0.347. The van der Waals surface area contributed by atoms with E-state index in [9.17, 15) is 19.5 Å². The van der Waals surface area contributed by atoms with Crippen molar-refractivity contribution in [3.05, 3.63) is 77.6 Å². The molecule has 172 valence electrons. The van der Waals surface area contributed by atoms with Gasteiger partial charge in [0.1, 0.15) is 5.69 Å². The molecule has 1 aromatic heterocycles. The summed E-state index contributed by atoms with van der Waals surface area (Å²) in [6, 6.07) is 18.1. The summed E-state index contributed by atoms with van der Waals surface area (Å²) >= 11 is 0. The first kappa shape index (κ1) is 23.7. The van der Waals surface area contributed by atoms with Crippen LogP contribution in [0, 0.1) is 0 Å². The van der Waals surface area contributed by atoms with Crippen LogP contribution in [0.25, 0.3) is 11.1 Å². The minimum absolute atomic E-state index is 0.0821. The Kier molecular flexibility index (Phi) is 7.93. The molecule has 1 amide bonds. The number of carbonyl (C=O) groups is 3. The summed E-state index contributed by atoms with van der Waals surface area (Å²) in [6.45, 7) is 1.76. The number of aliphatic hydroxyl groups excluding tert-OH is 1. The average molecular weight is 451 g/mol. The van der Waals surface area contributed by atoms with Gasteiger partial charge in [0.25, 0.3) is 5.91 Å². The molecule has 0 aliphatic carbocycles. The molecule has 2 atom stereocenters. The third kappa shape index (κ3) is 6.50. The topological polar surface area (TPSA) is 142 Å². The highest BCUT2D eigenvalue weighted by atomic mass is 16.5. The van der Waals surface area contributed by atoms with E-state index in [0.717, 1.165) is 22.8 Å². The number of rotatable bonds is 10. The van der Waals surface area contributed by atoms with E-state index in [1.54, 1.807) is 6.92 Å². The number of hydrogen-bond donors (Lipinski definition) is 4. The third-order valence-corrected chi connectivity index (χ3v) is 4.99. The molecule has 9 nitrogen and oxygen atoms in total. The lowest BCUT2D eigenvalue weighted by molar-refractivity contribution is -0.153. The maximum absolute atomic E-state index is 12.6. The number of carboxylic acid groups (broad SMARTS) is 1. The second kappa shape index (κ2) is 11.1. The summed E-state index contributed by atoms with van der Waals surface area (Å²) in [5, 5.41) is 27.9. The number of benzene rings is 2. The van der Waals surface area contributed by atoms with Gasteiger partial charge >= 0.3 is 11.9 Å². The summed E-state index contributed by atoms with van der Waals surface area (Å²) < 4.78 is 4.85. The lowest BCUT2D eigenvalue weighted by Gasteiger charge is -2.21. The lowest BCUT2D eigenvalue weighted by atomic mass is 9.97. The predicted octanol–water partition coefficient (Wildman–Crippen LogP) is 2.43. The predicted molar refractivity (Wildman–Crippen MR) is 120 cm³/mol. The van der Waals surface area contributed by atoms with Gasteiger partial charge in [-0.2, -0.15) is 5.10 Å². The molecular formula is C24H25N3O6. The average Bonchev–Trinajstić information content (AvgIpc) is 3.31. The van der Waals surface area contributed by atoms with E-state index in [-0.39, 0.29) is 24.4 Å². The van der Waals surface area contributed by atoms with Crippen molar-refractivity contribution in [1.29, 1.82) is 0 Å². The lowest BCUT2D eigenvalue weighted by Crippen LogP contribution is -2.41. The van der Waals surface area contributed by atoms with Crippen LogP contribution < -0.4 is 5.32 Å². The van der Waals surface area contributed by atoms with Crippen LogP contribution in [0.4, 0.5) is 0 Å². The molecule has 3 rings (SSSR count). The van der Waals surface area contributed by atoms with Gasteiger partial charge in [-0.15, -0.1) is 0 Å². The summed E-state index contributed by atoms with van der Waals surface area (Å²) in [5.74, 6) is -2.64. The van der Waals surface area contributed by atoms with Crippen molar-refractivity contribution in [1.82, 2.24) is 15.5 Å². The molecule has 2 aromatic carbocycles. The number of hydrogen-bond acceptors (Lipinski definition) is 6. The van der Waals surface area contributed by atoms with Gasteiger partial charge in [0.2, 0.25) is 0 Å². The fourth-order valence-corrected chi connectivity index (χ4v) is 3.35. The zero-order chi connectivity index (χ0) is 23.8. The Bertz CT molecular complexity index is 1090. The number of carbonyl (C=O) groups excluding carboxylic acids is 2. The van der Waals surface area contributed by atoms with Crippen molar-refractivity contribution >= 4 is 17.8 Å². The largest absolute Gasteiger partial charge is 0.477 e. The summed E-state index contributed by atoms with van der Waals surface area (Å²) in [7, 11) is 0. The van der Waals surface area contributed by atoms with Gasteiger partial charge in [0.15, 0.2) is 11.8 Å². The number of amides is 1. The Morgan fingerprint density at radius 2 is 1.73 bits per heavy atom. The number of H-pyrrole nitrogens is 1. The van der Waals surface area contributed by atoms with Gasteiger partial charge in [0.05, 0.1) is 6.61 Å². The standard InChI is InChI=1S/C24H25N3O6/c1-2-33-24(32)21(28)13-18(25-22(29)19-14-20(23(30)31)27-26-19)12-15-8-10-17(11-9-15)16-6-4-3-5-7-16/h3-11,14,18,21,28H,2,12-13H2,1H3,(H,25,29)(H,26,27)(H,30,31)/t18-,21-/m1/s1. The molecule has 0 aliphatic heterocycles. The van der Waals surface area contributed by atoms with E-state index in [2.05, 4.69) is 15.5 Å². The molecule has 0 aliphatic rings. The van der Waals surface area contributed by atoms with Crippen LogP contribution in [0.15, 0.2) is 60.7 Å². The molecule has 0 saturated heterocycles. The number of esters is 1. The Hall–Kier alpha value is -3.98. The molecule has 0 fully saturated rings.